The number of nitrogens with one attached hydrogen (secondary N) is 2. The van der Waals surface area contributed by atoms with Crippen molar-refractivity contribution < 1.29 is 13.2 Å². The van der Waals surface area contributed by atoms with Gasteiger partial charge in [-0.05, 0) is 94.1 Å². The van der Waals surface area contributed by atoms with Gasteiger partial charge in [-0.1, -0.05) is 17.7 Å². The minimum Gasteiger partial charge on any atom is -0.353 e. The molecular formula is C23H34N2O3S. The molecule has 1 aromatic rings. The number of sulfonamides is 1. The summed E-state index contributed by atoms with van der Waals surface area (Å²) in [6.07, 6.45) is 8.08. The predicted octanol–water partition coefficient (Wildman–Crippen LogP) is 3.69. The van der Waals surface area contributed by atoms with Crippen LogP contribution in [0.5, 0.6) is 0 Å². The summed E-state index contributed by atoms with van der Waals surface area (Å²) in [5.74, 6) is 2.50. The Bertz CT molecular complexity index is 858. The van der Waals surface area contributed by atoms with Gasteiger partial charge in [-0.3, -0.25) is 4.79 Å². The summed E-state index contributed by atoms with van der Waals surface area (Å²) in [6.45, 7) is 6.01. The van der Waals surface area contributed by atoms with Crippen molar-refractivity contribution in [2.75, 3.05) is 6.54 Å². The average Bonchev–Trinajstić information content (AvgIpc) is 2.59. The number of amides is 1. The van der Waals surface area contributed by atoms with Gasteiger partial charge in [-0.15, -0.1) is 0 Å². The summed E-state index contributed by atoms with van der Waals surface area (Å²) in [5, 5.41) is 3.21. The van der Waals surface area contributed by atoms with Crippen molar-refractivity contribution in [1.82, 2.24) is 10.0 Å². The second-order valence-corrected chi connectivity index (χ2v) is 11.7. The molecule has 0 radical (unpaired) electrons. The van der Waals surface area contributed by atoms with E-state index in [9.17, 15) is 13.2 Å². The van der Waals surface area contributed by atoms with E-state index in [1.165, 1.54) is 38.5 Å². The average molecular weight is 419 g/mol. The van der Waals surface area contributed by atoms with Gasteiger partial charge in [0, 0.05) is 19.0 Å². The lowest BCUT2D eigenvalue weighted by Crippen LogP contribution is -2.56. The van der Waals surface area contributed by atoms with Crippen LogP contribution in [-0.4, -0.2) is 26.9 Å². The fourth-order valence-electron chi connectivity index (χ4n) is 6.65. The molecule has 0 saturated heterocycles. The molecule has 160 valence electrons. The van der Waals surface area contributed by atoms with Crippen LogP contribution in [0.15, 0.2) is 23.1 Å². The molecule has 5 nitrogen and oxygen atoms in total. The van der Waals surface area contributed by atoms with Gasteiger partial charge in [0.1, 0.15) is 0 Å². The first-order valence-corrected chi connectivity index (χ1v) is 12.5. The number of hydrogen-bond acceptors (Lipinski definition) is 3. The van der Waals surface area contributed by atoms with E-state index in [-0.39, 0.29) is 35.2 Å². The maximum absolute atomic E-state index is 12.6. The van der Waals surface area contributed by atoms with Crippen molar-refractivity contribution in [2.24, 2.45) is 23.2 Å². The van der Waals surface area contributed by atoms with E-state index in [1.54, 1.807) is 19.1 Å². The summed E-state index contributed by atoms with van der Waals surface area (Å²) in [5.41, 5.74) is 2.01. The van der Waals surface area contributed by atoms with Gasteiger partial charge >= 0.3 is 0 Å². The maximum atomic E-state index is 12.6. The molecule has 0 aliphatic heterocycles. The SMILES string of the molecule is Cc1ccc(S(=O)(=O)NCCC(=O)NC(C)C23CC4CC(CC(C4)C2)C3)c(C)c1. The van der Waals surface area contributed by atoms with Crippen LogP contribution >= 0.6 is 0 Å². The third kappa shape index (κ3) is 4.24. The first-order chi connectivity index (χ1) is 13.7. The Morgan fingerprint density at radius 2 is 1.69 bits per heavy atom. The van der Waals surface area contributed by atoms with Crippen molar-refractivity contribution in [2.45, 2.75) is 76.7 Å². The van der Waals surface area contributed by atoms with E-state index in [0.29, 0.717) is 0 Å². The quantitative estimate of drug-likeness (QED) is 0.709. The number of carbonyl (C=O) groups excluding carboxylic acids is 1. The van der Waals surface area contributed by atoms with Gasteiger partial charge in [0.05, 0.1) is 4.90 Å². The Morgan fingerprint density at radius 3 is 2.24 bits per heavy atom. The van der Waals surface area contributed by atoms with Gasteiger partial charge in [-0.25, -0.2) is 13.1 Å². The van der Waals surface area contributed by atoms with Crippen LogP contribution in [0.1, 0.15) is 63.0 Å². The van der Waals surface area contributed by atoms with Gasteiger partial charge < -0.3 is 5.32 Å². The number of benzene rings is 1. The summed E-state index contributed by atoms with van der Waals surface area (Å²) >= 11 is 0. The van der Waals surface area contributed by atoms with Gasteiger partial charge in [-0.2, -0.15) is 0 Å². The molecule has 4 aliphatic rings. The normalized spacial score (nSPS) is 31.6. The maximum Gasteiger partial charge on any atom is 0.240 e. The van der Waals surface area contributed by atoms with E-state index in [4.69, 9.17) is 0 Å². The molecule has 1 unspecified atom stereocenters. The van der Waals surface area contributed by atoms with Crippen molar-refractivity contribution in [3.05, 3.63) is 29.3 Å². The summed E-state index contributed by atoms with van der Waals surface area (Å²) in [4.78, 5) is 12.8. The van der Waals surface area contributed by atoms with Crippen LogP contribution in [0.4, 0.5) is 0 Å². The minimum absolute atomic E-state index is 0.0587. The van der Waals surface area contributed by atoms with E-state index in [1.807, 2.05) is 13.0 Å². The van der Waals surface area contributed by atoms with Crippen LogP contribution in [0.25, 0.3) is 0 Å². The molecule has 0 spiro atoms. The lowest BCUT2D eigenvalue weighted by atomic mass is 9.48. The van der Waals surface area contributed by atoms with Crippen LogP contribution in [0.2, 0.25) is 0 Å². The first kappa shape index (κ1) is 20.9. The summed E-state index contributed by atoms with van der Waals surface area (Å²) < 4.78 is 27.7. The summed E-state index contributed by atoms with van der Waals surface area (Å²) in [6, 6.07) is 5.44. The third-order valence-corrected chi connectivity index (χ3v) is 9.27. The number of aryl methyl sites for hydroxylation is 2. The van der Waals surface area contributed by atoms with Crippen molar-refractivity contribution in [3.63, 3.8) is 0 Å². The molecule has 1 amide bonds. The fourth-order valence-corrected chi connectivity index (χ4v) is 7.91. The molecule has 1 aromatic carbocycles. The van der Waals surface area contributed by atoms with Crippen molar-refractivity contribution in [1.29, 1.82) is 0 Å². The molecule has 2 N–H and O–H groups in total. The second kappa shape index (κ2) is 7.69. The zero-order chi connectivity index (χ0) is 20.8. The lowest BCUT2D eigenvalue weighted by Gasteiger charge is -2.59. The van der Waals surface area contributed by atoms with E-state index in [2.05, 4.69) is 17.0 Å². The predicted molar refractivity (Wildman–Crippen MR) is 114 cm³/mol. The number of rotatable bonds is 7. The standard InChI is InChI=1S/C23H34N2O3S/c1-15-4-5-21(16(2)8-15)29(27,28)24-7-6-22(26)25-17(3)23-12-18-9-19(13-23)11-20(10-18)14-23/h4-5,8,17-20,24H,6-7,9-14H2,1-3H3,(H,25,26). The molecule has 4 saturated carbocycles. The molecule has 6 heteroatoms. The molecule has 5 rings (SSSR count). The van der Waals surface area contributed by atoms with Gasteiger partial charge in [0.25, 0.3) is 0 Å². The van der Waals surface area contributed by atoms with Crippen LogP contribution in [-0.2, 0) is 14.8 Å². The van der Waals surface area contributed by atoms with Gasteiger partial charge in [0.15, 0.2) is 0 Å². The second-order valence-electron chi connectivity index (χ2n) is 9.99. The fraction of sp³-hybridized carbons (Fsp3) is 0.696. The first-order valence-electron chi connectivity index (χ1n) is 11.0. The molecule has 0 aromatic heterocycles. The minimum atomic E-state index is -3.60. The largest absolute Gasteiger partial charge is 0.353 e. The van der Waals surface area contributed by atoms with Crippen LogP contribution < -0.4 is 10.0 Å². The van der Waals surface area contributed by atoms with Crippen LogP contribution in [0.3, 0.4) is 0 Å². The molecule has 0 heterocycles. The Morgan fingerprint density at radius 1 is 1.10 bits per heavy atom. The highest BCUT2D eigenvalue weighted by Crippen LogP contribution is 2.61. The molecule has 4 fully saturated rings. The number of hydrogen-bond donors (Lipinski definition) is 2. The Hall–Kier alpha value is -1.40. The molecule has 29 heavy (non-hydrogen) atoms. The highest BCUT2D eigenvalue weighted by Gasteiger charge is 2.53. The zero-order valence-corrected chi connectivity index (χ0v) is 18.6. The van der Waals surface area contributed by atoms with Crippen LogP contribution in [0, 0.1) is 37.0 Å². The van der Waals surface area contributed by atoms with E-state index in [0.717, 1.165) is 28.9 Å². The smallest absolute Gasteiger partial charge is 0.240 e. The number of carbonyl (C=O) groups is 1. The molecule has 4 aliphatic carbocycles. The van der Waals surface area contributed by atoms with E-state index >= 15 is 0 Å². The molecule has 1 atom stereocenters. The molecule has 4 bridgehead atoms. The Kier molecular flexibility index (Phi) is 5.53. The Labute approximate surface area is 175 Å². The summed E-state index contributed by atoms with van der Waals surface area (Å²) in [7, 11) is -3.60. The highest BCUT2D eigenvalue weighted by atomic mass is 32.2. The van der Waals surface area contributed by atoms with Gasteiger partial charge in [0.2, 0.25) is 15.9 Å². The topological polar surface area (TPSA) is 75.3 Å². The third-order valence-electron chi connectivity index (χ3n) is 7.65. The zero-order valence-electron chi connectivity index (χ0n) is 17.8. The van der Waals surface area contributed by atoms with E-state index < -0.39 is 10.0 Å². The van der Waals surface area contributed by atoms with Crippen molar-refractivity contribution in [3.8, 4) is 0 Å². The van der Waals surface area contributed by atoms with Crippen molar-refractivity contribution >= 4 is 15.9 Å². The lowest BCUT2D eigenvalue weighted by molar-refractivity contribution is -0.125. The monoisotopic (exact) mass is 418 g/mol. The Balaban J connectivity index is 1.30. The molecular weight excluding hydrogens is 384 g/mol. The highest BCUT2D eigenvalue weighted by molar-refractivity contribution is 7.89.